The third-order valence-corrected chi connectivity index (χ3v) is 1.23. The van der Waals surface area contributed by atoms with E-state index in [4.69, 9.17) is 0 Å². The Bertz CT molecular complexity index is 307. The van der Waals surface area contributed by atoms with Gasteiger partial charge in [-0.2, -0.15) is 0 Å². The highest BCUT2D eigenvalue weighted by Crippen LogP contribution is 2.22. The number of halogens is 3. The lowest BCUT2D eigenvalue weighted by atomic mass is 10.2. The highest BCUT2D eigenvalue weighted by molar-refractivity contribution is 5.75. The first-order valence-electron chi connectivity index (χ1n) is 3.32. The van der Waals surface area contributed by atoms with Gasteiger partial charge in [-0.25, -0.2) is 0 Å². The van der Waals surface area contributed by atoms with Crippen molar-refractivity contribution in [2.24, 2.45) is 0 Å². The van der Waals surface area contributed by atoms with Crippen LogP contribution in [0.4, 0.5) is 13.2 Å². The monoisotopic (exact) mass is 206 g/mol. The summed E-state index contributed by atoms with van der Waals surface area (Å²) in [4.78, 5) is 10.2. The van der Waals surface area contributed by atoms with Gasteiger partial charge in [0.25, 0.3) is 0 Å². The molecule has 0 aliphatic rings. The molecule has 14 heavy (non-hydrogen) atoms. The first kappa shape index (κ1) is 12.5. The van der Waals surface area contributed by atoms with E-state index in [0.717, 1.165) is 12.1 Å². The summed E-state index contributed by atoms with van der Waals surface area (Å²) in [6.07, 6.45) is -4.27. The lowest BCUT2D eigenvalue weighted by Gasteiger charge is -2.08. The fourth-order valence-corrected chi connectivity index (χ4v) is 0.785. The van der Waals surface area contributed by atoms with E-state index in [-0.39, 0.29) is 13.0 Å². The molecule has 0 unspecified atom stereocenters. The Balaban J connectivity index is 0.00000169. The maximum Gasteiger partial charge on any atom is 0.573 e. The Morgan fingerprint density at radius 2 is 1.93 bits per heavy atom. The third kappa shape index (κ3) is 3.93. The lowest BCUT2D eigenvalue weighted by Crippen LogP contribution is -2.17. The zero-order valence-electron chi connectivity index (χ0n) is 6.34. The zero-order valence-corrected chi connectivity index (χ0v) is 6.34. The van der Waals surface area contributed by atoms with Crippen LogP contribution in [0.3, 0.4) is 0 Å². The second kappa shape index (κ2) is 4.64. The number of carbonyl (C=O) groups is 1. The van der Waals surface area contributed by atoms with Gasteiger partial charge in [0.1, 0.15) is 12.0 Å². The molecule has 0 amide bonds. The van der Waals surface area contributed by atoms with Crippen LogP contribution in [0.1, 0.15) is 17.8 Å². The van der Waals surface area contributed by atoms with Crippen LogP contribution in [-0.4, -0.2) is 12.6 Å². The normalized spacial score (nSPS) is 10.2. The summed E-state index contributed by atoms with van der Waals surface area (Å²) in [6.45, 7) is 0. The predicted molar refractivity (Wildman–Crippen MR) is 45.2 cm³/mol. The smallest absolute Gasteiger partial charge is 0.406 e. The Kier molecular flexibility index (Phi) is 4.14. The van der Waals surface area contributed by atoms with Gasteiger partial charge in [-0.1, -0.05) is 19.6 Å². The number of hydrogen-bond acceptors (Lipinski definition) is 2. The Morgan fingerprint density at radius 3 is 2.43 bits per heavy atom. The van der Waals surface area contributed by atoms with Crippen LogP contribution in [-0.2, 0) is 0 Å². The highest BCUT2D eigenvalue weighted by atomic mass is 19.4. The van der Waals surface area contributed by atoms with Crippen molar-refractivity contribution in [3.8, 4) is 5.75 Å². The van der Waals surface area contributed by atoms with Crippen molar-refractivity contribution in [1.82, 2.24) is 0 Å². The molecule has 1 aromatic rings. The third-order valence-electron chi connectivity index (χ3n) is 1.23. The van der Waals surface area contributed by atoms with E-state index in [0.29, 0.717) is 6.29 Å². The first-order chi connectivity index (χ1) is 6.01. The van der Waals surface area contributed by atoms with Crippen molar-refractivity contribution in [2.45, 2.75) is 13.8 Å². The zero-order chi connectivity index (χ0) is 9.90. The number of benzene rings is 1. The topological polar surface area (TPSA) is 26.3 Å². The molecule has 1 rings (SSSR count). The van der Waals surface area contributed by atoms with Crippen LogP contribution in [0.15, 0.2) is 24.3 Å². The van der Waals surface area contributed by atoms with E-state index in [1.807, 2.05) is 0 Å². The lowest BCUT2D eigenvalue weighted by molar-refractivity contribution is -0.274. The van der Waals surface area contributed by atoms with E-state index >= 15 is 0 Å². The highest BCUT2D eigenvalue weighted by Gasteiger charge is 2.30. The van der Waals surface area contributed by atoms with Crippen molar-refractivity contribution in [1.29, 1.82) is 0 Å². The van der Waals surface area contributed by atoms with Gasteiger partial charge in [-0.15, -0.1) is 13.2 Å². The molecule has 0 heterocycles. The maximum absolute atomic E-state index is 11.7. The molecule has 0 saturated carbocycles. The summed E-state index contributed by atoms with van der Waals surface area (Å²) < 4.78 is 38.6. The molecule has 0 bridgehead atoms. The van der Waals surface area contributed by atoms with Gasteiger partial charge in [-0.3, -0.25) is 4.79 Å². The van der Waals surface area contributed by atoms with Crippen molar-refractivity contribution in [2.75, 3.05) is 0 Å². The second-order valence-corrected chi connectivity index (χ2v) is 2.24. The molecule has 0 atom stereocenters. The summed E-state index contributed by atoms with van der Waals surface area (Å²) in [5.41, 5.74) is 0.141. The Hall–Kier alpha value is -1.52. The summed E-state index contributed by atoms with van der Waals surface area (Å²) in [6, 6.07) is 4.84. The molecule has 0 radical (unpaired) electrons. The van der Waals surface area contributed by atoms with E-state index in [1.54, 1.807) is 0 Å². The molecule has 0 aliphatic carbocycles. The fourth-order valence-electron chi connectivity index (χ4n) is 0.785. The molecular formula is C9H9F3O2. The Morgan fingerprint density at radius 1 is 1.29 bits per heavy atom. The largest absolute Gasteiger partial charge is 0.573 e. The average molecular weight is 206 g/mol. The molecule has 0 aliphatic heterocycles. The minimum Gasteiger partial charge on any atom is -0.406 e. The van der Waals surface area contributed by atoms with E-state index in [1.165, 1.54) is 12.1 Å². The van der Waals surface area contributed by atoms with Crippen molar-refractivity contribution >= 4 is 6.29 Å². The van der Waals surface area contributed by atoms with Crippen LogP contribution >= 0.6 is 0 Å². The molecule has 0 aromatic heterocycles. The van der Waals surface area contributed by atoms with Crippen LogP contribution in [0.2, 0.25) is 0 Å². The molecule has 0 spiro atoms. The van der Waals surface area contributed by atoms with Crippen LogP contribution in [0, 0.1) is 0 Å². The maximum atomic E-state index is 11.7. The molecule has 0 saturated heterocycles. The fraction of sp³-hybridized carbons (Fsp3) is 0.222. The van der Waals surface area contributed by atoms with Gasteiger partial charge >= 0.3 is 6.36 Å². The SMILES string of the molecule is C.O=Cc1cccc(OC(F)(F)F)c1. The molecule has 78 valence electrons. The summed E-state index contributed by atoms with van der Waals surface area (Å²) in [5, 5.41) is 0. The quantitative estimate of drug-likeness (QED) is 0.695. The van der Waals surface area contributed by atoms with Crippen LogP contribution in [0.25, 0.3) is 0 Å². The minimum atomic E-state index is -4.72. The number of hydrogen-bond donors (Lipinski definition) is 0. The van der Waals surface area contributed by atoms with Crippen molar-refractivity contribution in [3.63, 3.8) is 0 Å². The molecule has 0 N–H and O–H groups in total. The number of rotatable bonds is 2. The number of aldehydes is 1. The van der Waals surface area contributed by atoms with Gasteiger partial charge in [0.2, 0.25) is 0 Å². The molecule has 5 heteroatoms. The van der Waals surface area contributed by atoms with Gasteiger partial charge < -0.3 is 4.74 Å². The number of alkyl halides is 3. The van der Waals surface area contributed by atoms with Gasteiger partial charge in [0.05, 0.1) is 0 Å². The second-order valence-electron chi connectivity index (χ2n) is 2.24. The number of ether oxygens (including phenoxy) is 1. The molecule has 2 nitrogen and oxygen atoms in total. The summed E-state index contributed by atoms with van der Waals surface area (Å²) in [5.74, 6) is -0.392. The first-order valence-corrected chi connectivity index (χ1v) is 3.32. The summed E-state index contributed by atoms with van der Waals surface area (Å²) >= 11 is 0. The number of carbonyl (C=O) groups excluding carboxylic acids is 1. The van der Waals surface area contributed by atoms with Crippen LogP contribution < -0.4 is 4.74 Å². The van der Waals surface area contributed by atoms with Crippen molar-refractivity contribution in [3.05, 3.63) is 29.8 Å². The molecular weight excluding hydrogens is 197 g/mol. The van der Waals surface area contributed by atoms with Gasteiger partial charge in [0.15, 0.2) is 0 Å². The van der Waals surface area contributed by atoms with Gasteiger partial charge in [-0.05, 0) is 12.1 Å². The van der Waals surface area contributed by atoms with Crippen LogP contribution in [0.5, 0.6) is 5.75 Å². The summed E-state index contributed by atoms with van der Waals surface area (Å²) in [7, 11) is 0. The van der Waals surface area contributed by atoms with E-state index in [2.05, 4.69) is 4.74 Å². The van der Waals surface area contributed by atoms with E-state index in [9.17, 15) is 18.0 Å². The van der Waals surface area contributed by atoms with E-state index < -0.39 is 12.1 Å². The predicted octanol–water partition coefficient (Wildman–Crippen LogP) is 3.03. The Labute approximate surface area is 79.3 Å². The molecule has 1 aromatic carbocycles. The molecule has 0 fully saturated rings. The average Bonchev–Trinajstić information content (AvgIpc) is 2.01. The van der Waals surface area contributed by atoms with Crippen molar-refractivity contribution < 1.29 is 22.7 Å². The standard InChI is InChI=1S/C8H5F3O2.CH4/c9-8(10,11)13-7-3-1-2-6(4-7)5-12;/h1-5H;1H4. The van der Waals surface area contributed by atoms with Gasteiger partial charge in [0, 0.05) is 5.56 Å². The minimum absolute atomic E-state index is 0.